The maximum absolute atomic E-state index is 10.8. The first-order chi connectivity index (χ1) is 13.1. The summed E-state index contributed by atoms with van der Waals surface area (Å²) in [5, 5.41) is 10.1. The zero-order valence-corrected chi connectivity index (χ0v) is 15.2. The largest absolute Gasteiger partial charge is 0.278 e. The molecule has 0 saturated carbocycles. The summed E-state index contributed by atoms with van der Waals surface area (Å²) in [6.45, 7) is 4.17. The van der Waals surface area contributed by atoms with Crippen LogP contribution >= 0.6 is 0 Å². The van der Waals surface area contributed by atoms with Crippen LogP contribution in [0.25, 0.3) is 0 Å². The van der Waals surface area contributed by atoms with Crippen molar-refractivity contribution in [1.29, 1.82) is 0 Å². The minimum absolute atomic E-state index is 0.115. The van der Waals surface area contributed by atoms with Crippen LogP contribution in [0.3, 0.4) is 0 Å². The lowest BCUT2D eigenvalue weighted by Crippen LogP contribution is -2.44. The topological polar surface area (TPSA) is 65.3 Å². The first kappa shape index (κ1) is 18.3. The van der Waals surface area contributed by atoms with E-state index < -0.39 is 0 Å². The predicted octanol–water partition coefficient (Wildman–Crippen LogP) is 6.45. The Labute approximate surface area is 158 Å². The Balaban J connectivity index is 2.12. The highest BCUT2D eigenvalue weighted by Crippen LogP contribution is 2.34. The van der Waals surface area contributed by atoms with Crippen molar-refractivity contribution in [2.45, 2.75) is 19.9 Å². The van der Waals surface area contributed by atoms with E-state index in [0.717, 1.165) is 17.1 Å². The molecule has 3 rings (SSSR count). The third-order valence-electron chi connectivity index (χ3n) is 4.12. The molecule has 136 valence electrons. The molecule has 27 heavy (non-hydrogen) atoms. The lowest BCUT2D eigenvalue weighted by molar-refractivity contribution is 0.692. The van der Waals surface area contributed by atoms with E-state index in [2.05, 4.69) is 34.2 Å². The molecule has 6 nitrogen and oxygen atoms in total. The van der Waals surface area contributed by atoms with Gasteiger partial charge in [0.2, 0.25) is 0 Å². The molecule has 0 fully saturated rings. The molecular formula is C21H20N4O2. The average molecular weight is 360 g/mol. The number of nitroso groups, excluding NO2 is 2. The highest BCUT2D eigenvalue weighted by atomic mass is 16.3. The van der Waals surface area contributed by atoms with E-state index in [0.29, 0.717) is 11.4 Å². The first-order valence-electron chi connectivity index (χ1n) is 8.65. The van der Waals surface area contributed by atoms with Gasteiger partial charge in [0.25, 0.3) is 0 Å². The number of anilines is 3. The summed E-state index contributed by atoms with van der Waals surface area (Å²) in [6.07, 6.45) is 0. The van der Waals surface area contributed by atoms with Crippen molar-refractivity contribution in [1.82, 2.24) is 0 Å². The van der Waals surface area contributed by atoms with Gasteiger partial charge in [0, 0.05) is 6.04 Å². The summed E-state index contributed by atoms with van der Waals surface area (Å²) in [5.74, 6) is 0. The number of benzene rings is 3. The van der Waals surface area contributed by atoms with E-state index in [9.17, 15) is 9.81 Å². The Morgan fingerprint density at radius 3 is 1.52 bits per heavy atom. The van der Waals surface area contributed by atoms with Crippen LogP contribution in [0.4, 0.5) is 28.4 Å². The van der Waals surface area contributed by atoms with Gasteiger partial charge in [-0.1, -0.05) is 18.2 Å². The van der Waals surface area contributed by atoms with E-state index in [1.54, 1.807) is 24.3 Å². The maximum atomic E-state index is 10.8. The first-order valence-corrected chi connectivity index (χ1v) is 8.65. The Morgan fingerprint density at radius 1 is 0.630 bits per heavy atom. The van der Waals surface area contributed by atoms with Crippen LogP contribution in [0, 0.1) is 9.81 Å². The maximum Gasteiger partial charge on any atom is 0.108 e. The predicted molar refractivity (Wildman–Crippen MR) is 110 cm³/mol. The van der Waals surface area contributed by atoms with Gasteiger partial charge < -0.3 is 0 Å². The third kappa shape index (κ3) is 4.00. The van der Waals surface area contributed by atoms with E-state index in [1.165, 1.54) is 0 Å². The molecule has 0 N–H and O–H groups in total. The Hall–Kier alpha value is -3.54. The van der Waals surface area contributed by atoms with Crippen molar-refractivity contribution in [2.75, 3.05) is 10.0 Å². The van der Waals surface area contributed by atoms with Gasteiger partial charge in [0.15, 0.2) is 0 Å². The number of hydrazine groups is 1. The van der Waals surface area contributed by atoms with Crippen molar-refractivity contribution >= 4 is 28.4 Å². The van der Waals surface area contributed by atoms with Gasteiger partial charge in [0.05, 0.1) is 17.1 Å². The average Bonchev–Trinajstić information content (AvgIpc) is 2.72. The van der Waals surface area contributed by atoms with Crippen LogP contribution in [0.2, 0.25) is 0 Å². The normalized spacial score (nSPS) is 10.5. The van der Waals surface area contributed by atoms with Gasteiger partial charge in [-0.3, -0.25) is 10.0 Å². The van der Waals surface area contributed by atoms with Crippen molar-refractivity contribution in [3.8, 4) is 0 Å². The molecular weight excluding hydrogens is 340 g/mol. The standard InChI is InChI=1S/C21H20N4O2/c1-16(2)24(20-12-8-17(22-26)9-13-20)25(19-6-4-3-5-7-19)21-14-10-18(23-27)11-15-21/h3-16H,1-2H3. The van der Waals surface area contributed by atoms with Gasteiger partial charge in [-0.25, -0.2) is 0 Å². The summed E-state index contributed by atoms with van der Waals surface area (Å²) in [6, 6.07) is 24.3. The molecule has 3 aromatic carbocycles. The number of hydrogen-bond donors (Lipinski definition) is 0. The number of nitrogens with zero attached hydrogens (tertiary/aromatic N) is 4. The van der Waals surface area contributed by atoms with E-state index in [1.807, 2.05) is 54.6 Å². The molecule has 6 heteroatoms. The summed E-state index contributed by atoms with van der Waals surface area (Å²) in [4.78, 5) is 21.5. The summed E-state index contributed by atoms with van der Waals surface area (Å²) >= 11 is 0. The molecule has 0 heterocycles. The molecule has 0 aliphatic carbocycles. The highest BCUT2D eigenvalue weighted by molar-refractivity contribution is 5.71. The van der Waals surface area contributed by atoms with Crippen molar-refractivity contribution in [2.24, 2.45) is 10.4 Å². The molecule has 0 aliphatic heterocycles. The zero-order valence-electron chi connectivity index (χ0n) is 15.2. The van der Waals surface area contributed by atoms with Gasteiger partial charge in [-0.2, -0.15) is 0 Å². The molecule has 0 atom stereocenters. The molecule has 0 amide bonds. The summed E-state index contributed by atoms with van der Waals surface area (Å²) in [7, 11) is 0. The minimum Gasteiger partial charge on any atom is -0.278 e. The SMILES string of the molecule is CC(C)N(c1ccc(N=O)cc1)N(c1ccccc1)c1ccc(N=O)cc1. The van der Waals surface area contributed by atoms with Crippen LogP contribution in [-0.2, 0) is 0 Å². The van der Waals surface area contributed by atoms with Crippen LogP contribution in [0.1, 0.15) is 13.8 Å². The fourth-order valence-electron chi connectivity index (χ4n) is 2.93. The van der Waals surface area contributed by atoms with Crippen molar-refractivity contribution in [3.63, 3.8) is 0 Å². The number of para-hydroxylation sites is 1. The van der Waals surface area contributed by atoms with Crippen LogP contribution < -0.4 is 10.0 Å². The molecule has 0 aromatic heterocycles. The van der Waals surface area contributed by atoms with Gasteiger partial charge in [-0.15, -0.1) is 9.81 Å². The van der Waals surface area contributed by atoms with Crippen molar-refractivity contribution < 1.29 is 0 Å². The Bertz CT molecular complexity index is 894. The molecule has 3 aromatic rings. The fraction of sp³-hybridized carbons (Fsp3) is 0.143. The lowest BCUT2D eigenvalue weighted by Gasteiger charge is -2.41. The molecule has 0 unspecified atom stereocenters. The van der Waals surface area contributed by atoms with E-state index in [-0.39, 0.29) is 6.04 Å². The highest BCUT2D eigenvalue weighted by Gasteiger charge is 2.22. The molecule has 0 radical (unpaired) electrons. The second kappa shape index (κ2) is 8.23. The van der Waals surface area contributed by atoms with Crippen molar-refractivity contribution in [3.05, 3.63) is 88.7 Å². The second-order valence-corrected chi connectivity index (χ2v) is 6.30. The molecule has 0 bridgehead atoms. The fourth-order valence-corrected chi connectivity index (χ4v) is 2.93. The minimum atomic E-state index is 0.115. The molecule has 0 saturated heterocycles. The van der Waals surface area contributed by atoms with Crippen LogP contribution in [-0.4, -0.2) is 6.04 Å². The van der Waals surface area contributed by atoms with Gasteiger partial charge >= 0.3 is 0 Å². The third-order valence-corrected chi connectivity index (χ3v) is 4.12. The summed E-state index contributed by atoms with van der Waals surface area (Å²) in [5.41, 5.74) is 3.54. The smallest absolute Gasteiger partial charge is 0.108 e. The second-order valence-electron chi connectivity index (χ2n) is 6.30. The quantitative estimate of drug-likeness (QED) is 0.359. The zero-order chi connectivity index (χ0) is 19.2. The van der Waals surface area contributed by atoms with Crippen LogP contribution in [0.15, 0.2) is 89.2 Å². The van der Waals surface area contributed by atoms with Gasteiger partial charge in [-0.05, 0) is 84.9 Å². The van der Waals surface area contributed by atoms with Crippen LogP contribution in [0.5, 0.6) is 0 Å². The van der Waals surface area contributed by atoms with E-state index in [4.69, 9.17) is 0 Å². The molecule has 0 aliphatic rings. The number of hydrogen-bond acceptors (Lipinski definition) is 6. The monoisotopic (exact) mass is 360 g/mol. The van der Waals surface area contributed by atoms with E-state index >= 15 is 0 Å². The molecule has 0 spiro atoms. The summed E-state index contributed by atoms with van der Waals surface area (Å²) < 4.78 is 0. The Kier molecular flexibility index (Phi) is 5.56. The number of rotatable bonds is 7. The lowest BCUT2D eigenvalue weighted by atomic mass is 10.2. The Morgan fingerprint density at radius 2 is 1.07 bits per heavy atom. The van der Waals surface area contributed by atoms with Gasteiger partial charge in [0.1, 0.15) is 11.4 Å².